The first kappa shape index (κ1) is 26.4. The van der Waals surface area contributed by atoms with E-state index in [1.54, 1.807) is 18.4 Å². The number of hydrogen-bond donors (Lipinski definition) is 1. The number of rotatable bonds is 8. The third kappa shape index (κ3) is 4.16. The number of anilines is 1. The van der Waals surface area contributed by atoms with Gasteiger partial charge in [-0.3, -0.25) is 9.78 Å². The van der Waals surface area contributed by atoms with Gasteiger partial charge in [0.25, 0.3) is 5.91 Å². The molecule has 1 aromatic carbocycles. The number of benzene rings is 1. The van der Waals surface area contributed by atoms with Gasteiger partial charge in [-0.2, -0.15) is 0 Å². The molecule has 0 spiro atoms. The zero-order valence-electron chi connectivity index (χ0n) is 24.8. The number of ether oxygens (including phenoxy) is 1. The molecule has 2 unspecified atom stereocenters. The summed E-state index contributed by atoms with van der Waals surface area (Å²) in [6.07, 6.45) is 8.41. The summed E-state index contributed by atoms with van der Waals surface area (Å²) < 4.78 is 10.7. The van der Waals surface area contributed by atoms with Crippen molar-refractivity contribution in [1.82, 2.24) is 29.0 Å². The van der Waals surface area contributed by atoms with Crippen LogP contribution in [0.4, 0.5) is 5.00 Å². The first-order valence-corrected chi connectivity index (χ1v) is 16.7. The number of likely N-dealkylation sites (tertiary alicyclic amines) is 1. The number of pyridine rings is 1. The van der Waals surface area contributed by atoms with Crippen molar-refractivity contribution in [2.45, 2.75) is 50.9 Å². The van der Waals surface area contributed by atoms with E-state index in [1.807, 2.05) is 41.0 Å². The lowest BCUT2D eigenvalue weighted by Crippen LogP contribution is -2.48. The third-order valence-electron chi connectivity index (χ3n) is 10.3. The van der Waals surface area contributed by atoms with Gasteiger partial charge in [0, 0.05) is 67.9 Å². The Kier molecular flexibility index (Phi) is 6.03. The van der Waals surface area contributed by atoms with Crippen LogP contribution in [0.15, 0.2) is 48.2 Å². The topological polar surface area (TPSA) is 107 Å². The van der Waals surface area contributed by atoms with Gasteiger partial charge in [0.1, 0.15) is 21.9 Å². The van der Waals surface area contributed by atoms with Crippen molar-refractivity contribution >= 4 is 44.3 Å². The van der Waals surface area contributed by atoms with Crippen LogP contribution in [0.3, 0.4) is 0 Å². The highest BCUT2D eigenvalue weighted by molar-refractivity contribution is 7.13. The highest BCUT2D eigenvalue weighted by atomic mass is 32.1. The van der Waals surface area contributed by atoms with Gasteiger partial charge in [0.05, 0.1) is 30.0 Å². The number of amides is 1. The fourth-order valence-corrected chi connectivity index (χ4v) is 8.48. The average molecular weight is 609 g/mol. The summed E-state index contributed by atoms with van der Waals surface area (Å²) in [7, 11) is 1.69. The fraction of sp³-hybridized carbons (Fsp3) is 0.455. The van der Waals surface area contributed by atoms with Crippen molar-refractivity contribution in [3.05, 3.63) is 53.8 Å². The lowest BCUT2D eigenvalue weighted by atomic mass is 10.0. The third-order valence-corrected chi connectivity index (χ3v) is 11.2. The number of piperidine rings is 1. The quantitative estimate of drug-likeness (QED) is 0.274. The van der Waals surface area contributed by atoms with Gasteiger partial charge >= 0.3 is 0 Å². The van der Waals surface area contributed by atoms with Crippen molar-refractivity contribution in [3.8, 4) is 17.3 Å². The van der Waals surface area contributed by atoms with Gasteiger partial charge in [-0.25, -0.2) is 9.97 Å². The minimum absolute atomic E-state index is 0.0233. The molecule has 4 fully saturated rings. The molecular weight excluding hydrogens is 572 g/mol. The number of carbonyl (C=O) groups is 1. The molecule has 4 aliphatic rings. The van der Waals surface area contributed by atoms with E-state index in [9.17, 15) is 4.79 Å². The molecule has 44 heavy (non-hydrogen) atoms. The minimum atomic E-state index is 0.0233. The highest BCUT2D eigenvalue weighted by Gasteiger charge is 2.47. The monoisotopic (exact) mass is 608 g/mol. The van der Waals surface area contributed by atoms with Gasteiger partial charge < -0.3 is 29.4 Å². The largest absolute Gasteiger partial charge is 0.494 e. The Hall–Kier alpha value is -3.96. The Labute approximate surface area is 259 Å². The molecular formula is C33H36N8O2S. The first-order chi connectivity index (χ1) is 21.6. The zero-order chi connectivity index (χ0) is 29.5. The van der Waals surface area contributed by atoms with Crippen LogP contribution in [-0.4, -0.2) is 73.7 Å². The van der Waals surface area contributed by atoms with Crippen LogP contribution in [0.2, 0.25) is 0 Å². The maximum absolute atomic E-state index is 13.9. The molecule has 10 nitrogen and oxygen atoms in total. The van der Waals surface area contributed by atoms with Crippen molar-refractivity contribution in [2.75, 3.05) is 31.6 Å². The fourth-order valence-electron chi connectivity index (χ4n) is 7.83. The van der Waals surface area contributed by atoms with Crippen molar-refractivity contribution in [2.24, 2.45) is 23.5 Å². The second kappa shape index (κ2) is 10.0. The van der Waals surface area contributed by atoms with Crippen molar-refractivity contribution < 1.29 is 9.53 Å². The molecule has 226 valence electrons. The molecule has 5 aromatic rings. The van der Waals surface area contributed by atoms with Gasteiger partial charge in [-0.1, -0.05) is 0 Å². The number of aromatic nitrogens is 5. The maximum atomic E-state index is 13.9. The molecule has 2 aliphatic heterocycles. The summed E-state index contributed by atoms with van der Waals surface area (Å²) >= 11 is 1.68. The van der Waals surface area contributed by atoms with Crippen LogP contribution in [0.1, 0.15) is 36.0 Å². The summed E-state index contributed by atoms with van der Waals surface area (Å²) in [5.41, 5.74) is 12.8. The number of imidazole rings is 1. The molecule has 6 heterocycles. The lowest BCUT2D eigenvalue weighted by molar-refractivity contribution is 0.0700. The molecule has 0 radical (unpaired) electrons. The highest BCUT2D eigenvalue weighted by Crippen LogP contribution is 2.41. The molecule has 2 N–H and O–H groups in total. The summed E-state index contributed by atoms with van der Waals surface area (Å²) in [6, 6.07) is 10.4. The standard InChI is InChI=1S/C33H36N8O2S/c1-43-27-11-23(33(42)40-17-22-6-7-25(40)29(22)34)9-24-30(27)41(16-20-13-38(14-20)28-12-35-18-44-28)32(37-24)26-10-21-3-2-8-36-31(21)39(26)15-19-4-5-19/h2-3,8-12,18-20,22,25,29H,4-7,13-17,34H2,1H3/t22?,25?,29-/m1/s1. The van der Waals surface area contributed by atoms with Crippen LogP contribution >= 0.6 is 11.3 Å². The molecule has 2 saturated carbocycles. The van der Waals surface area contributed by atoms with Crippen LogP contribution in [0.25, 0.3) is 33.6 Å². The predicted octanol–water partition coefficient (Wildman–Crippen LogP) is 4.63. The number of nitrogens with two attached hydrogens (primary N) is 1. The normalized spacial score (nSPS) is 23.3. The Morgan fingerprint density at radius 2 is 1.93 bits per heavy atom. The van der Waals surface area contributed by atoms with E-state index in [0.717, 1.165) is 79.2 Å². The predicted molar refractivity (Wildman–Crippen MR) is 171 cm³/mol. The molecule has 4 aromatic heterocycles. The second-order valence-electron chi connectivity index (χ2n) is 13.1. The van der Waals surface area contributed by atoms with Crippen LogP contribution in [0.5, 0.6) is 5.75 Å². The molecule has 3 atom stereocenters. The Balaban J connectivity index is 1.16. The number of fused-ring (bicyclic) bond motifs is 4. The average Bonchev–Trinajstić information content (AvgIpc) is 3.40. The van der Waals surface area contributed by atoms with Gasteiger partial charge in [0.2, 0.25) is 0 Å². The summed E-state index contributed by atoms with van der Waals surface area (Å²) in [4.78, 5) is 32.6. The van der Waals surface area contributed by atoms with Crippen LogP contribution < -0.4 is 15.4 Å². The first-order valence-electron chi connectivity index (χ1n) is 15.8. The number of hydrogen-bond acceptors (Lipinski definition) is 8. The zero-order valence-corrected chi connectivity index (χ0v) is 25.6. The smallest absolute Gasteiger partial charge is 0.254 e. The van der Waals surface area contributed by atoms with Gasteiger partial charge in [-0.15, -0.1) is 11.3 Å². The Morgan fingerprint density at radius 3 is 2.66 bits per heavy atom. The number of methoxy groups -OCH3 is 1. The van der Waals surface area contributed by atoms with Crippen LogP contribution in [0, 0.1) is 17.8 Å². The molecule has 11 heteroatoms. The van der Waals surface area contributed by atoms with E-state index in [0.29, 0.717) is 29.1 Å². The van der Waals surface area contributed by atoms with Crippen molar-refractivity contribution in [1.29, 1.82) is 0 Å². The molecule has 2 aliphatic carbocycles. The molecule has 2 saturated heterocycles. The maximum Gasteiger partial charge on any atom is 0.254 e. The number of thiazole rings is 1. The van der Waals surface area contributed by atoms with E-state index < -0.39 is 0 Å². The summed E-state index contributed by atoms with van der Waals surface area (Å²) in [5.74, 6) is 3.12. The van der Waals surface area contributed by atoms with E-state index in [1.165, 1.54) is 17.8 Å². The second-order valence-corrected chi connectivity index (χ2v) is 14.0. The van der Waals surface area contributed by atoms with Gasteiger partial charge in [0.15, 0.2) is 5.82 Å². The van der Waals surface area contributed by atoms with E-state index in [4.69, 9.17) is 20.4 Å². The van der Waals surface area contributed by atoms with E-state index >= 15 is 0 Å². The SMILES string of the molecule is COc1cc(C(=O)N2CC3CCC2[C@@H]3N)cc2nc(-c3cc4cccnc4n3CC3CC3)n(CC3CN(c4cncs4)C3)c12. The van der Waals surface area contributed by atoms with Gasteiger partial charge in [-0.05, 0) is 67.9 Å². The summed E-state index contributed by atoms with van der Waals surface area (Å²) in [6.45, 7) is 4.39. The summed E-state index contributed by atoms with van der Waals surface area (Å²) in [5, 5.41) is 2.33. The van der Waals surface area contributed by atoms with Crippen molar-refractivity contribution in [3.63, 3.8) is 0 Å². The molecule has 2 bridgehead atoms. The Morgan fingerprint density at radius 1 is 1.07 bits per heavy atom. The van der Waals surface area contributed by atoms with E-state index in [-0.39, 0.29) is 18.0 Å². The van der Waals surface area contributed by atoms with Crippen LogP contribution in [-0.2, 0) is 13.1 Å². The number of nitrogens with zero attached hydrogens (tertiary/aromatic N) is 7. The minimum Gasteiger partial charge on any atom is -0.494 e. The molecule has 9 rings (SSSR count). The number of carbonyl (C=O) groups excluding carboxylic acids is 1. The van der Waals surface area contributed by atoms with E-state index in [2.05, 4.69) is 31.2 Å². The molecule has 1 amide bonds. The Bertz CT molecular complexity index is 1890. The lowest BCUT2D eigenvalue weighted by Gasteiger charge is -2.40.